The van der Waals surface area contributed by atoms with Crippen molar-refractivity contribution >= 4 is 57.0 Å². The van der Waals surface area contributed by atoms with E-state index in [1.54, 1.807) is 13.8 Å². The summed E-state index contributed by atoms with van der Waals surface area (Å²) in [6.07, 6.45) is 1.83. The number of carbonyl (C=O) groups excluding carboxylic acids is 2. The molecule has 2 heterocycles. The third-order valence-electron chi connectivity index (χ3n) is 6.45. The van der Waals surface area contributed by atoms with Crippen molar-refractivity contribution in [2.45, 2.75) is 39.1 Å². The van der Waals surface area contributed by atoms with Gasteiger partial charge in [0.2, 0.25) is 0 Å². The molecule has 0 aliphatic carbocycles. The van der Waals surface area contributed by atoms with E-state index in [4.69, 9.17) is 30.5 Å². The van der Waals surface area contributed by atoms with Gasteiger partial charge in [-0.2, -0.15) is 0 Å². The Labute approximate surface area is 244 Å². The average Bonchev–Trinajstić information content (AvgIpc) is 3.29. The fraction of sp³-hybridized carbons (Fsp3) is 0.267. The summed E-state index contributed by atoms with van der Waals surface area (Å²) in [5.41, 5.74) is 3.27. The summed E-state index contributed by atoms with van der Waals surface area (Å²) >= 11 is 8.33. The van der Waals surface area contributed by atoms with Crippen LogP contribution in [0.2, 0.25) is 5.02 Å². The molecule has 1 atom stereocenters. The highest BCUT2D eigenvalue weighted by atomic mass is 127. The predicted molar refractivity (Wildman–Crippen MR) is 156 cm³/mol. The molecule has 1 N–H and O–H groups in total. The average molecular weight is 660 g/mol. The van der Waals surface area contributed by atoms with Crippen LogP contribution >= 0.6 is 34.2 Å². The number of fused-ring (bicyclic) bond motifs is 1. The van der Waals surface area contributed by atoms with Crippen LogP contribution in [0.15, 0.2) is 66.9 Å². The van der Waals surface area contributed by atoms with Crippen molar-refractivity contribution in [2.75, 3.05) is 6.61 Å². The van der Waals surface area contributed by atoms with E-state index in [0.717, 1.165) is 25.6 Å². The van der Waals surface area contributed by atoms with Gasteiger partial charge in [0.1, 0.15) is 6.61 Å². The van der Waals surface area contributed by atoms with Gasteiger partial charge in [0.25, 0.3) is 5.79 Å². The van der Waals surface area contributed by atoms with Gasteiger partial charge in [-0.3, -0.25) is 9.59 Å². The zero-order valence-electron chi connectivity index (χ0n) is 21.6. The molecule has 3 aromatic carbocycles. The summed E-state index contributed by atoms with van der Waals surface area (Å²) in [6, 6.07) is 18.9. The van der Waals surface area contributed by atoms with Crippen molar-refractivity contribution in [1.29, 1.82) is 0 Å². The Kier molecular flexibility index (Phi) is 7.77. The number of aromatic nitrogens is 1. The molecule has 1 aliphatic heterocycles. The number of rotatable bonds is 8. The second-order valence-electron chi connectivity index (χ2n) is 9.67. The molecular formula is C30H27ClINO6. The Morgan fingerprint density at radius 1 is 1.03 bits per heavy atom. The zero-order chi connectivity index (χ0) is 27.7. The van der Waals surface area contributed by atoms with Crippen LogP contribution in [-0.4, -0.2) is 29.3 Å². The maximum absolute atomic E-state index is 13.3. The van der Waals surface area contributed by atoms with Crippen molar-refractivity contribution in [1.82, 2.24) is 4.98 Å². The molecule has 202 valence electrons. The van der Waals surface area contributed by atoms with Crippen LogP contribution in [0.1, 0.15) is 43.4 Å². The lowest BCUT2D eigenvalue weighted by molar-refractivity contribution is -0.240. The summed E-state index contributed by atoms with van der Waals surface area (Å²) in [6.45, 7) is 5.66. The molecule has 1 fully saturated rings. The van der Waals surface area contributed by atoms with Gasteiger partial charge >= 0.3 is 11.9 Å². The van der Waals surface area contributed by atoms with E-state index in [0.29, 0.717) is 28.7 Å². The fourth-order valence-electron chi connectivity index (χ4n) is 4.86. The van der Waals surface area contributed by atoms with E-state index in [2.05, 4.69) is 27.6 Å². The highest BCUT2D eigenvalue weighted by Crippen LogP contribution is 2.44. The van der Waals surface area contributed by atoms with Crippen molar-refractivity contribution in [3.63, 3.8) is 0 Å². The first-order valence-electron chi connectivity index (χ1n) is 12.5. The maximum Gasteiger partial charge on any atom is 0.324 e. The number of carbonyl (C=O) groups is 2. The predicted octanol–water partition coefficient (Wildman–Crippen LogP) is 6.99. The molecule has 9 heteroatoms. The monoisotopic (exact) mass is 659 g/mol. The minimum absolute atomic E-state index is 0.290. The molecule has 1 saturated heterocycles. The molecule has 0 amide bonds. The van der Waals surface area contributed by atoms with Crippen molar-refractivity contribution < 1.29 is 28.5 Å². The van der Waals surface area contributed by atoms with Gasteiger partial charge < -0.3 is 23.9 Å². The first kappa shape index (κ1) is 27.3. The molecule has 7 nitrogen and oxygen atoms in total. The van der Waals surface area contributed by atoms with Gasteiger partial charge in [0, 0.05) is 41.9 Å². The van der Waals surface area contributed by atoms with Gasteiger partial charge in [-0.1, -0.05) is 41.9 Å². The van der Waals surface area contributed by atoms with Crippen LogP contribution in [0.5, 0.6) is 11.5 Å². The van der Waals surface area contributed by atoms with E-state index >= 15 is 0 Å². The highest BCUT2D eigenvalue weighted by Gasteiger charge is 2.49. The number of halogens is 2. The number of cyclic esters (lactones) is 2. The Balaban J connectivity index is 1.61. The number of para-hydroxylation sites is 1. The van der Waals surface area contributed by atoms with Gasteiger partial charge in [0.15, 0.2) is 17.4 Å². The largest absolute Gasteiger partial charge is 0.490 e. The second-order valence-corrected chi connectivity index (χ2v) is 11.3. The third-order valence-corrected chi connectivity index (χ3v) is 7.49. The lowest BCUT2D eigenvalue weighted by Crippen LogP contribution is -2.48. The van der Waals surface area contributed by atoms with Gasteiger partial charge in [-0.05, 0) is 76.5 Å². The molecule has 4 aromatic rings. The molecule has 0 radical (unpaired) electrons. The Bertz CT molecular complexity index is 1530. The Morgan fingerprint density at radius 2 is 1.77 bits per heavy atom. The number of benzene rings is 3. The van der Waals surface area contributed by atoms with Gasteiger partial charge in [-0.25, -0.2) is 0 Å². The Morgan fingerprint density at radius 3 is 2.49 bits per heavy atom. The standard InChI is InChI=1S/C30H27ClINO6/c1-4-36-24-14-18(13-22(32)27(24)37-16-17-8-7-9-19(31)12-17)25(21-15-33-23-11-6-5-10-20(21)23)26-28(34)38-30(2,3)39-29(26)35/h5-15,25-26,33H,4,16H2,1-3H3/t25-/m0/s1. The van der Waals surface area contributed by atoms with E-state index in [1.165, 1.54) is 0 Å². The number of hydrogen-bond acceptors (Lipinski definition) is 6. The van der Waals surface area contributed by atoms with E-state index in [-0.39, 0.29) is 6.61 Å². The quantitative estimate of drug-likeness (QED) is 0.125. The molecular weight excluding hydrogens is 633 g/mol. The van der Waals surface area contributed by atoms with Crippen LogP contribution in [0.4, 0.5) is 0 Å². The molecule has 0 saturated carbocycles. The number of H-pyrrole nitrogens is 1. The normalized spacial score (nSPS) is 16.0. The number of nitrogens with one attached hydrogen (secondary N) is 1. The second kappa shape index (κ2) is 11.1. The minimum atomic E-state index is -1.33. The molecule has 1 aromatic heterocycles. The lowest BCUT2D eigenvalue weighted by atomic mass is 9.80. The first-order valence-corrected chi connectivity index (χ1v) is 14.0. The molecule has 0 spiro atoms. The zero-order valence-corrected chi connectivity index (χ0v) is 24.5. The summed E-state index contributed by atoms with van der Waals surface area (Å²) in [4.78, 5) is 29.9. The first-order chi connectivity index (χ1) is 18.7. The number of ether oxygens (including phenoxy) is 4. The third kappa shape index (κ3) is 5.72. The van der Waals surface area contributed by atoms with Crippen LogP contribution in [0, 0.1) is 9.49 Å². The minimum Gasteiger partial charge on any atom is -0.490 e. The van der Waals surface area contributed by atoms with E-state index in [9.17, 15) is 9.59 Å². The molecule has 1 aliphatic rings. The number of hydrogen-bond donors (Lipinski definition) is 1. The van der Waals surface area contributed by atoms with Gasteiger partial charge in [0.05, 0.1) is 10.2 Å². The summed E-state index contributed by atoms with van der Waals surface area (Å²) in [5.74, 6) is -3.45. The van der Waals surface area contributed by atoms with Crippen LogP contribution < -0.4 is 9.47 Å². The molecule has 5 rings (SSSR count). The van der Waals surface area contributed by atoms with Crippen LogP contribution in [-0.2, 0) is 25.7 Å². The Hall–Kier alpha value is -3.24. The smallest absolute Gasteiger partial charge is 0.324 e. The molecule has 39 heavy (non-hydrogen) atoms. The molecule has 0 unspecified atom stereocenters. The summed E-state index contributed by atoms with van der Waals surface area (Å²) in [5, 5.41) is 1.52. The maximum atomic E-state index is 13.3. The number of esters is 2. The van der Waals surface area contributed by atoms with Crippen molar-refractivity contribution in [3.8, 4) is 11.5 Å². The summed E-state index contributed by atoms with van der Waals surface area (Å²) < 4.78 is 24.0. The van der Waals surface area contributed by atoms with E-state index in [1.807, 2.05) is 73.8 Å². The van der Waals surface area contributed by atoms with Gasteiger partial charge in [-0.15, -0.1) is 0 Å². The topological polar surface area (TPSA) is 86.9 Å². The fourth-order valence-corrected chi connectivity index (χ4v) is 5.85. The molecule has 0 bridgehead atoms. The highest BCUT2D eigenvalue weighted by molar-refractivity contribution is 14.1. The van der Waals surface area contributed by atoms with Crippen molar-refractivity contribution in [3.05, 3.63) is 92.1 Å². The van der Waals surface area contributed by atoms with Crippen molar-refractivity contribution in [2.24, 2.45) is 5.92 Å². The summed E-state index contributed by atoms with van der Waals surface area (Å²) in [7, 11) is 0. The SMILES string of the molecule is CCOc1cc([C@@H](c2c[nH]c3ccccc23)C2C(=O)OC(C)(C)OC2=O)cc(I)c1OCc1cccc(Cl)c1. The lowest BCUT2D eigenvalue weighted by Gasteiger charge is -2.36. The van der Waals surface area contributed by atoms with Crippen LogP contribution in [0.25, 0.3) is 10.9 Å². The number of aromatic amines is 1. The van der Waals surface area contributed by atoms with E-state index < -0.39 is 29.6 Å². The van der Waals surface area contributed by atoms with Crippen LogP contribution in [0.3, 0.4) is 0 Å².